The van der Waals surface area contributed by atoms with Gasteiger partial charge >= 0.3 is 12.1 Å². The van der Waals surface area contributed by atoms with E-state index >= 15 is 0 Å². The summed E-state index contributed by atoms with van der Waals surface area (Å²) in [7, 11) is -2.47. The predicted molar refractivity (Wildman–Crippen MR) is 126 cm³/mol. The highest BCUT2D eigenvalue weighted by Gasteiger charge is 2.31. The average molecular weight is 561 g/mol. The molecule has 196 valence electrons. The molecule has 0 N–H and O–H groups in total. The first-order valence-electron chi connectivity index (χ1n) is 10.2. The van der Waals surface area contributed by atoms with Gasteiger partial charge in [0.25, 0.3) is 13.7 Å². The number of nitro groups is 1. The van der Waals surface area contributed by atoms with E-state index in [1.807, 2.05) is 0 Å². The molecule has 3 rings (SSSR count). The number of rotatable bonds is 9. The Morgan fingerprint density at radius 1 is 1.22 bits per heavy atom. The van der Waals surface area contributed by atoms with Crippen molar-refractivity contribution in [1.82, 2.24) is 0 Å². The van der Waals surface area contributed by atoms with E-state index in [4.69, 9.17) is 25.4 Å². The van der Waals surface area contributed by atoms with E-state index in [9.17, 15) is 32.6 Å². The Morgan fingerprint density at radius 3 is 2.49 bits per heavy atom. The zero-order valence-corrected chi connectivity index (χ0v) is 20.8. The van der Waals surface area contributed by atoms with Crippen LogP contribution in [0.25, 0.3) is 0 Å². The molecule has 0 aliphatic carbocycles. The van der Waals surface area contributed by atoms with E-state index < -0.39 is 47.4 Å². The van der Waals surface area contributed by atoms with Crippen molar-refractivity contribution in [3.8, 4) is 11.5 Å². The summed E-state index contributed by atoms with van der Waals surface area (Å²) in [5.74, 6) is -1.29. The van der Waals surface area contributed by atoms with E-state index in [0.29, 0.717) is 6.07 Å². The van der Waals surface area contributed by atoms with Crippen LogP contribution in [0.4, 0.5) is 18.9 Å². The molecular formula is C22H17ClF3N2O8P. The Kier molecular flexibility index (Phi) is 8.61. The number of aryl methyl sites for hydroxylation is 1. The number of carbonyl (C=O) groups is 1. The number of methoxy groups -OCH3 is 1. The van der Waals surface area contributed by atoms with Crippen LogP contribution in [-0.2, 0) is 31.3 Å². The highest BCUT2D eigenvalue weighted by molar-refractivity contribution is 7.48. The molecule has 37 heavy (non-hydrogen) atoms. The quantitative estimate of drug-likeness (QED) is 0.104. The summed E-state index contributed by atoms with van der Waals surface area (Å²) in [5.41, 5.74) is -1.79. The lowest BCUT2D eigenvalue weighted by Crippen LogP contribution is -2.17. The zero-order chi connectivity index (χ0) is 27.3. The maximum Gasteiger partial charge on any atom is 0.416 e. The summed E-state index contributed by atoms with van der Waals surface area (Å²) >= 11 is 5.96. The molecule has 3 aromatic rings. The van der Waals surface area contributed by atoms with E-state index in [1.54, 1.807) is 6.92 Å². The summed E-state index contributed by atoms with van der Waals surface area (Å²) in [6.07, 6.45) is -3.19. The number of nitrogens with zero attached hydrogens (tertiary/aromatic N) is 2. The third-order valence-corrected chi connectivity index (χ3v) is 6.20. The second-order valence-electron chi connectivity index (χ2n) is 7.12. The summed E-state index contributed by atoms with van der Waals surface area (Å²) in [6.45, 7) is 1.65. The van der Waals surface area contributed by atoms with Gasteiger partial charge in [0, 0.05) is 17.7 Å². The first-order chi connectivity index (χ1) is 17.5. The number of halogens is 4. The Bertz CT molecular complexity index is 1380. The van der Waals surface area contributed by atoms with Crippen LogP contribution < -0.4 is 10.0 Å². The standard InChI is InChI=1S/C22H17ClF3N2O8P/c1-3-12-9-15(28(30)31)19(37(32)36-27-20(21(29)33-2)17-5-4-8-34-17)11-18(12)35-16-7-6-13(10-14(16)23)22(24,25)26/h4-11,37H,3H2,1-2H3. The number of alkyl halides is 3. The number of carbonyl (C=O) groups excluding carboxylic acids is 1. The van der Waals surface area contributed by atoms with E-state index in [-0.39, 0.29) is 34.3 Å². The first-order valence-corrected chi connectivity index (χ1v) is 11.9. The number of hydrogen-bond donors (Lipinski definition) is 0. The highest BCUT2D eigenvalue weighted by Crippen LogP contribution is 2.39. The molecule has 0 fully saturated rings. The van der Waals surface area contributed by atoms with E-state index in [0.717, 1.165) is 31.4 Å². The lowest BCUT2D eigenvalue weighted by atomic mass is 10.1. The largest absolute Gasteiger partial charge is 0.464 e. The van der Waals surface area contributed by atoms with E-state index in [2.05, 4.69) is 9.89 Å². The molecule has 15 heteroatoms. The van der Waals surface area contributed by atoms with Crippen molar-refractivity contribution in [3.05, 3.63) is 80.8 Å². The van der Waals surface area contributed by atoms with Gasteiger partial charge in [-0.1, -0.05) is 23.7 Å². The molecule has 0 saturated heterocycles. The van der Waals surface area contributed by atoms with Crippen molar-refractivity contribution in [1.29, 1.82) is 0 Å². The minimum Gasteiger partial charge on any atom is -0.464 e. The lowest BCUT2D eigenvalue weighted by Gasteiger charge is -2.14. The summed E-state index contributed by atoms with van der Waals surface area (Å²) in [6, 6.07) is 7.34. The van der Waals surface area contributed by atoms with Crippen LogP contribution in [0.15, 0.2) is 58.3 Å². The molecule has 2 aromatic carbocycles. The number of esters is 1. The predicted octanol–water partition coefficient (Wildman–Crippen LogP) is 5.91. The van der Waals surface area contributed by atoms with Gasteiger partial charge in [0.2, 0.25) is 5.71 Å². The fourth-order valence-electron chi connectivity index (χ4n) is 3.00. The summed E-state index contributed by atoms with van der Waals surface area (Å²) in [4.78, 5) is 22.9. The number of nitro benzene ring substituents is 1. The second kappa shape index (κ2) is 11.5. The Morgan fingerprint density at radius 2 is 1.95 bits per heavy atom. The number of benzene rings is 2. The van der Waals surface area contributed by atoms with Gasteiger partial charge in [-0.3, -0.25) is 14.7 Å². The molecular weight excluding hydrogens is 544 g/mol. The topological polar surface area (TPSA) is 130 Å². The Labute approximate surface area is 212 Å². The summed E-state index contributed by atoms with van der Waals surface area (Å²) < 4.78 is 72.0. The molecule has 1 unspecified atom stereocenters. The van der Waals surface area contributed by atoms with Crippen LogP contribution in [0.2, 0.25) is 5.02 Å². The molecule has 0 bridgehead atoms. The van der Waals surface area contributed by atoms with Crippen LogP contribution >= 0.6 is 19.6 Å². The van der Waals surface area contributed by atoms with Crippen LogP contribution in [-0.4, -0.2) is 23.7 Å². The van der Waals surface area contributed by atoms with Gasteiger partial charge in [0.05, 0.1) is 28.9 Å². The normalized spacial score (nSPS) is 12.6. The maximum atomic E-state index is 12.9. The van der Waals surface area contributed by atoms with Gasteiger partial charge in [0.1, 0.15) is 16.8 Å². The summed E-state index contributed by atoms with van der Waals surface area (Å²) in [5, 5.41) is 14.4. The monoisotopic (exact) mass is 560 g/mol. The number of furan rings is 1. The zero-order valence-electron chi connectivity index (χ0n) is 19.0. The van der Waals surface area contributed by atoms with Crippen molar-refractivity contribution in [3.63, 3.8) is 0 Å². The molecule has 0 amide bonds. The average Bonchev–Trinajstić information content (AvgIpc) is 3.38. The molecule has 0 radical (unpaired) electrons. The molecule has 1 atom stereocenters. The van der Waals surface area contributed by atoms with Crippen molar-refractivity contribution in [2.75, 3.05) is 7.11 Å². The van der Waals surface area contributed by atoms with Crippen molar-refractivity contribution in [2.45, 2.75) is 19.5 Å². The second-order valence-corrected chi connectivity index (χ2v) is 8.82. The molecule has 1 heterocycles. The highest BCUT2D eigenvalue weighted by atomic mass is 35.5. The number of oxime groups is 1. The minimum absolute atomic E-state index is 0.0603. The van der Waals surface area contributed by atoms with Gasteiger partial charge in [-0.25, -0.2) is 4.79 Å². The van der Waals surface area contributed by atoms with Crippen molar-refractivity contribution in [2.24, 2.45) is 5.16 Å². The van der Waals surface area contributed by atoms with Crippen LogP contribution in [0, 0.1) is 10.1 Å². The van der Waals surface area contributed by atoms with E-state index in [1.165, 1.54) is 18.4 Å². The minimum atomic E-state index is -4.63. The molecule has 0 aliphatic heterocycles. The van der Waals surface area contributed by atoms with Gasteiger partial charge in [-0.05, 0) is 36.8 Å². The molecule has 0 spiro atoms. The molecule has 1 aromatic heterocycles. The third kappa shape index (κ3) is 6.49. The number of ether oxygens (including phenoxy) is 2. The van der Waals surface area contributed by atoms with Gasteiger partial charge in [-0.2, -0.15) is 13.2 Å². The number of hydrogen-bond acceptors (Lipinski definition) is 9. The Hall–Kier alpha value is -3.83. The molecule has 0 aliphatic rings. The molecule has 10 nitrogen and oxygen atoms in total. The fraction of sp³-hybridized carbons (Fsp3) is 0.182. The Balaban J connectivity index is 2.01. The smallest absolute Gasteiger partial charge is 0.416 e. The van der Waals surface area contributed by atoms with Crippen molar-refractivity contribution >= 4 is 42.3 Å². The van der Waals surface area contributed by atoms with Crippen LogP contribution in [0.1, 0.15) is 23.8 Å². The van der Waals surface area contributed by atoms with Crippen molar-refractivity contribution < 1.29 is 46.0 Å². The fourth-order valence-corrected chi connectivity index (χ4v) is 4.12. The first kappa shape index (κ1) is 27.8. The van der Waals surface area contributed by atoms with Gasteiger partial charge in [0.15, 0.2) is 5.76 Å². The third-order valence-electron chi connectivity index (χ3n) is 4.81. The molecule has 0 saturated carbocycles. The van der Waals surface area contributed by atoms with Gasteiger partial charge in [-0.15, -0.1) is 0 Å². The maximum absolute atomic E-state index is 12.9. The SMILES string of the molecule is CCc1cc([N+](=O)[O-])c([PH](=O)ON=C(C(=O)OC)c2ccco2)cc1Oc1ccc(C(F)(F)F)cc1Cl. The lowest BCUT2D eigenvalue weighted by molar-refractivity contribution is -0.383. The van der Waals surface area contributed by atoms with Crippen LogP contribution in [0.5, 0.6) is 11.5 Å². The van der Waals surface area contributed by atoms with Crippen LogP contribution in [0.3, 0.4) is 0 Å². The van der Waals surface area contributed by atoms with Gasteiger partial charge < -0.3 is 18.5 Å².